The summed E-state index contributed by atoms with van der Waals surface area (Å²) in [4.78, 5) is 39.0. The van der Waals surface area contributed by atoms with Gasteiger partial charge in [-0.3, -0.25) is 19.3 Å². The van der Waals surface area contributed by atoms with E-state index in [4.69, 9.17) is 4.74 Å². The van der Waals surface area contributed by atoms with E-state index < -0.39 is 29.6 Å². The molecule has 2 aromatic rings. The number of hydrogen-bond acceptors (Lipinski definition) is 4. The van der Waals surface area contributed by atoms with Gasteiger partial charge in [-0.05, 0) is 31.5 Å². The van der Waals surface area contributed by atoms with Gasteiger partial charge < -0.3 is 4.74 Å². The lowest BCUT2D eigenvalue weighted by molar-refractivity contribution is -0.152. The van der Waals surface area contributed by atoms with Crippen LogP contribution in [0.3, 0.4) is 0 Å². The van der Waals surface area contributed by atoms with Crippen molar-refractivity contribution in [2.45, 2.75) is 19.9 Å². The van der Waals surface area contributed by atoms with Gasteiger partial charge in [0.15, 0.2) is 0 Å². The molecule has 1 aliphatic heterocycles. The Bertz CT molecular complexity index is 798. The number of hydrogen-bond donors (Lipinski definition) is 0. The van der Waals surface area contributed by atoms with Gasteiger partial charge in [0.1, 0.15) is 5.92 Å². The van der Waals surface area contributed by atoms with Crippen LogP contribution in [0.25, 0.3) is 0 Å². The first-order chi connectivity index (χ1) is 12.0. The maximum absolute atomic E-state index is 12.7. The van der Waals surface area contributed by atoms with Crippen molar-refractivity contribution in [3.05, 3.63) is 65.7 Å². The largest absolute Gasteiger partial charge is 0.465 e. The molecule has 0 saturated carbocycles. The summed E-state index contributed by atoms with van der Waals surface area (Å²) >= 11 is 0. The molecule has 5 nitrogen and oxygen atoms in total. The van der Waals surface area contributed by atoms with E-state index in [1.165, 1.54) is 4.90 Å². The highest BCUT2D eigenvalue weighted by atomic mass is 16.5. The summed E-state index contributed by atoms with van der Waals surface area (Å²) in [6.07, 6.45) is 0. The maximum Gasteiger partial charge on any atom is 0.319 e. The van der Waals surface area contributed by atoms with Crippen molar-refractivity contribution in [1.29, 1.82) is 0 Å². The number of esters is 1. The topological polar surface area (TPSA) is 63.7 Å². The predicted molar refractivity (Wildman–Crippen MR) is 93.0 cm³/mol. The minimum atomic E-state index is -1.16. The normalized spacial score (nSPS) is 20.0. The Hall–Kier alpha value is -2.95. The number of rotatable bonds is 4. The molecule has 1 heterocycles. The molecule has 1 saturated heterocycles. The molecule has 2 aromatic carbocycles. The highest BCUT2D eigenvalue weighted by Crippen LogP contribution is 2.40. The van der Waals surface area contributed by atoms with Crippen LogP contribution in [0, 0.1) is 12.8 Å². The lowest BCUT2D eigenvalue weighted by atomic mass is 9.92. The Morgan fingerprint density at radius 3 is 2.28 bits per heavy atom. The first kappa shape index (κ1) is 16.9. The summed E-state index contributed by atoms with van der Waals surface area (Å²) in [5.74, 6) is -3.23. The lowest BCUT2D eigenvalue weighted by Crippen LogP contribution is -2.31. The van der Waals surface area contributed by atoms with Gasteiger partial charge in [0.25, 0.3) is 5.91 Å². The number of carbonyl (C=O) groups excluding carboxylic acids is 3. The average Bonchev–Trinajstić information content (AvgIpc) is 2.88. The minimum absolute atomic E-state index is 0.156. The van der Waals surface area contributed by atoms with Crippen molar-refractivity contribution in [3.63, 3.8) is 0 Å². The first-order valence-corrected chi connectivity index (χ1v) is 8.20. The molecule has 1 aliphatic rings. The van der Waals surface area contributed by atoms with Crippen molar-refractivity contribution in [3.8, 4) is 0 Å². The van der Waals surface area contributed by atoms with Crippen molar-refractivity contribution in [2.24, 2.45) is 5.92 Å². The summed E-state index contributed by atoms with van der Waals surface area (Å²) < 4.78 is 5.06. The highest BCUT2D eigenvalue weighted by Gasteiger charge is 2.53. The summed E-state index contributed by atoms with van der Waals surface area (Å²) in [5.41, 5.74) is 2.35. The van der Waals surface area contributed by atoms with Gasteiger partial charge in [-0.1, -0.05) is 48.0 Å². The number of anilines is 1. The second-order valence-electron chi connectivity index (χ2n) is 5.96. The number of ether oxygens (including phenoxy) is 1. The van der Waals surface area contributed by atoms with Gasteiger partial charge in [0.2, 0.25) is 5.78 Å². The lowest BCUT2D eigenvalue weighted by Gasteiger charge is -2.27. The van der Waals surface area contributed by atoms with Gasteiger partial charge >= 0.3 is 5.97 Å². The Kier molecular flexibility index (Phi) is 4.65. The van der Waals surface area contributed by atoms with Gasteiger partial charge in [0.05, 0.1) is 12.6 Å². The standard InChI is InChI=1S/C20H19NO4/c1-3-25-20(24)16-17(14-7-5-4-6-8-14)21(19(23)18(16)22)15-11-9-13(2)10-12-15/h4-12,16-17H,3H2,1-2H3/t16-,17+/m1/s1. The van der Waals surface area contributed by atoms with Crippen LogP contribution in [-0.4, -0.2) is 24.3 Å². The zero-order chi connectivity index (χ0) is 18.0. The molecular weight excluding hydrogens is 318 g/mol. The third-order valence-corrected chi connectivity index (χ3v) is 4.30. The van der Waals surface area contributed by atoms with Crippen LogP contribution in [0.5, 0.6) is 0 Å². The van der Waals surface area contributed by atoms with Crippen LogP contribution >= 0.6 is 0 Å². The van der Waals surface area contributed by atoms with E-state index in [1.807, 2.05) is 49.4 Å². The van der Waals surface area contributed by atoms with Gasteiger partial charge in [-0.25, -0.2) is 0 Å². The Balaban J connectivity index is 2.11. The minimum Gasteiger partial charge on any atom is -0.465 e. The maximum atomic E-state index is 12.7. The SMILES string of the molecule is CCOC(=O)[C@H]1C(=O)C(=O)N(c2ccc(C)cc2)[C@H]1c1ccccc1. The second-order valence-corrected chi connectivity index (χ2v) is 5.96. The third-order valence-electron chi connectivity index (χ3n) is 4.30. The fourth-order valence-electron chi connectivity index (χ4n) is 3.11. The van der Waals surface area contributed by atoms with Crippen LogP contribution in [-0.2, 0) is 19.1 Å². The van der Waals surface area contributed by atoms with Gasteiger partial charge in [-0.15, -0.1) is 0 Å². The molecule has 25 heavy (non-hydrogen) atoms. The van der Waals surface area contributed by atoms with E-state index in [1.54, 1.807) is 19.1 Å². The number of carbonyl (C=O) groups is 3. The Labute approximate surface area is 146 Å². The Morgan fingerprint density at radius 2 is 1.68 bits per heavy atom. The van der Waals surface area contributed by atoms with Gasteiger partial charge in [-0.2, -0.15) is 0 Å². The van der Waals surface area contributed by atoms with Crippen LogP contribution in [0.15, 0.2) is 54.6 Å². The molecule has 128 valence electrons. The first-order valence-electron chi connectivity index (χ1n) is 8.20. The van der Waals surface area contributed by atoms with E-state index in [0.717, 1.165) is 11.1 Å². The molecule has 5 heteroatoms. The molecular formula is C20H19NO4. The molecule has 0 aromatic heterocycles. The van der Waals surface area contributed by atoms with Gasteiger partial charge in [0, 0.05) is 5.69 Å². The summed E-state index contributed by atoms with van der Waals surface area (Å²) in [7, 11) is 0. The number of Topliss-reactive ketones (excluding diaryl/α,β-unsaturated/α-hetero) is 1. The summed E-state index contributed by atoms with van der Waals surface area (Å²) in [6, 6.07) is 15.7. The number of ketones is 1. The molecule has 3 rings (SSSR count). The van der Waals surface area contributed by atoms with E-state index in [-0.39, 0.29) is 6.61 Å². The zero-order valence-electron chi connectivity index (χ0n) is 14.1. The number of aryl methyl sites for hydroxylation is 1. The third kappa shape index (κ3) is 3.05. The van der Waals surface area contributed by atoms with Crippen LogP contribution in [0.2, 0.25) is 0 Å². The van der Waals surface area contributed by atoms with Crippen LogP contribution in [0.4, 0.5) is 5.69 Å². The number of benzene rings is 2. The highest BCUT2D eigenvalue weighted by molar-refractivity contribution is 6.47. The van der Waals surface area contributed by atoms with E-state index >= 15 is 0 Å². The molecule has 0 unspecified atom stereocenters. The number of nitrogens with zero attached hydrogens (tertiary/aromatic N) is 1. The molecule has 0 spiro atoms. The van der Waals surface area contributed by atoms with Crippen molar-refractivity contribution in [2.75, 3.05) is 11.5 Å². The number of amides is 1. The zero-order valence-corrected chi connectivity index (χ0v) is 14.1. The van der Waals surface area contributed by atoms with Crippen LogP contribution < -0.4 is 4.90 Å². The molecule has 0 N–H and O–H groups in total. The summed E-state index contributed by atoms with van der Waals surface area (Å²) in [6.45, 7) is 3.77. The monoisotopic (exact) mass is 337 g/mol. The van der Waals surface area contributed by atoms with Crippen molar-refractivity contribution >= 4 is 23.3 Å². The fourth-order valence-corrected chi connectivity index (χ4v) is 3.11. The molecule has 1 fully saturated rings. The molecule has 1 amide bonds. The smallest absolute Gasteiger partial charge is 0.319 e. The predicted octanol–water partition coefficient (Wildman–Crippen LogP) is 2.83. The Morgan fingerprint density at radius 1 is 1.04 bits per heavy atom. The summed E-state index contributed by atoms with van der Waals surface area (Å²) in [5, 5.41) is 0. The molecule has 2 atom stereocenters. The molecule has 0 radical (unpaired) electrons. The van der Waals surface area contributed by atoms with Crippen molar-refractivity contribution in [1.82, 2.24) is 0 Å². The quantitative estimate of drug-likeness (QED) is 0.489. The van der Waals surface area contributed by atoms with E-state index in [9.17, 15) is 14.4 Å². The molecule has 0 bridgehead atoms. The van der Waals surface area contributed by atoms with E-state index in [0.29, 0.717) is 5.69 Å². The van der Waals surface area contributed by atoms with E-state index in [2.05, 4.69) is 0 Å². The molecule has 0 aliphatic carbocycles. The van der Waals surface area contributed by atoms with Crippen LogP contribution in [0.1, 0.15) is 24.1 Å². The average molecular weight is 337 g/mol. The van der Waals surface area contributed by atoms with Crippen molar-refractivity contribution < 1.29 is 19.1 Å². The second kappa shape index (κ2) is 6.89. The fraction of sp³-hybridized carbons (Fsp3) is 0.250.